The number of hydrogen-bond acceptors (Lipinski definition) is 6. The van der Waals surface area contributed by atoms with E-state index in [9.17, 15) is 18.6 Å². The van der Waals surface area contributed by atoms with Gasteiger partial charge in [0.2, 0.25) is 5.75 Å². The van der Waals surface area contributed by atoms with Gasteiger partial charge in [-0.3, -0.25) is 0 Å². The fourth-order valence-electron chi connectivity index (χ4n) is 6.68. The molecule has 4 atom stereocenters. The van der Waals surface area contributed by atoms with Crippen LogP contribution >= 0.6 is 0 Å². The number of phenols is 2. The first-order valence-electron chi connectivity index (χ1n) is 11.2. The smallest absolute Gasteiger partial charge is 0.385 e. The predicted molar refractivity (Wildman–Crippen MR) is 111 cm³/mol. The molecule has 2 N–H and O–H groups in total. The van der Waals surface area contributed by atoms with Crippen LogP contribution in [0.4, 0.5) is 0 Å². The van der Waals surface area contributed by atoms with E-state index in [4.69, 9.17) is 8.92 Å². The Labute approximate surface area is 178 Å². The topological polar surface area (TPSA) is 96.3 Å². The zero-order chi connectivity index (χ0) is 21.1. The lowest BCUT2D eigenvalue weighted by Crippen LogP contribution is -2.42. The van der Waals surface area contributed by atoms with Gasteiger partial charge in [-0.15, -0.1) is 0 Å². The number of rotatable bonds is 3. The van der Waals surface area contributed by atoms with Crippen LogP contribution in [-0.2, 0) is 21.5 Å². The van der Waals surface area contributed by atoms with Crippen molar-refractivity contribution in [3.05, 3.63) is 17.2 Å². The normalized spacial score (nSPS) is 34.1. The van der Waals surface area contributed by atoms with Crippen molar-refractivity contribution in [3.63, 3.8) is 0 Å². The maximum Gasteiger partial charge on any atom is 0.385 e. The standard InChI is InChI=1S/C22H31NO6S/c1-22-7-2-3-17(22)15-5-4-14-13-18(20(24)21(25)19(14)16(15)6-8-22)29-30(26,27)23-9-11-28-12-10-23/h13,15-17,24-25H,2-12H2,1H3/t15?,16?,17?,22-/m0/s1. The van der Waals surface area contributed by atoms with Gasteiger partial charge in [-0.05, 0) is 73.3 Å². The third-order valence-electron chi connectivity index (χ3n) is 8.18. The third kappa shape index (κ3) is 3.19. The van der Waals surface area contributed by atoms with Gasteiger partial charge in [-0.25, -0.2) is 0 Å². The van der Waals surface area contributed by atoms with Gasteiger partial charge in [-0.2, -0.15) is 12.7 Å². The average molecular weight is 438 g/mol. The first kappa shape index (κ1) is 20.4. The van der Waals surface area contributed by atoms with Gasteiger partial charge in [0.25, 0.3) is 0 Å². The summed E-state index contributed by atoms with van der Waals surface area (Å²) in [5.74, 6) is 0.567. The molecular weight excluding hydrogens is 406 g/mol. The lowest BCUT2D eigenvalue weighted by atomic mass is 9.56. The average Bonchev–Trinajstić information content (AvgIpc) is 3.14. The molecule has 1 aromatic carbocycles. The molecule has 3 unspecified atom stereocenters. The molecule has 1 heterocycles. The van der Waals surface area contributed by atoms with Gasteiger partial charge in [0.05, 0.1) is 13.2 Å². The number of benzene rings is 1. The fourth-order valence-corrected chi connectivity index (χ4v) is 7.74. The molecule has 0 aromatic heterocycles. The van der Waals surface area contributed by atoms with E-state index in [-0.39, 0.29) is 30.5 Å². The number of phenolic OH excluding ortho intramolecular Hbond substituents is 2. The summed E-state index contributed by atoms with van der Waals surface area (Å²) < 4.78 is 36.9. The molecule has 0 spiro atoms. The van der Waals surface area contributed by atoms with Crippen LogP contribution in [0.25, 0.3) is 0 Å². The highest BCUT2D eigenvalue weighted by molar-refractivity contribution is 7.84. The van der Waals surface area contributed by atoms with Crippen LogP contribution < -0.4 is 4.18 Å². The van der Waals surface area contributed by atoms with Crippen molar-refractivity contribution in [1.82, 2.24) is 4.31 Å². The first-order chi connectivity index (χ1) is 14.3. The second-order valence-corrected chi connectivity index (χ2v) is 11.2. The molecular formula is C22H31NO6S. The van der Waals surface area contributed by atoms with Gasteiger partial charge < -0.3 is 19.1 Å². The minimum Gasteiger partial charge on any atom is -0.504 e. The molecule has 3 fully saturated rings. The monoisotopic (exact) mass is 437 g/mol. The van der Waals surface area contributed by atoms with Crippen LogP contribution in [0, 0.1) is 17.3 Å². The van der Waals surface area contributed by atoms with Crippen molar-refractivity contribution in [2.45, 2.75) is 57.8 Å². The Morgan fingerprint density at radius 1 is 1.13 bits per heavy atom. The Morgan fingerprint density at radius 3 is 2.67 bits per heavy atom. The third-order valence-corrected chi connectivity index (χ3v) is 9.57. The fraction of sp³-hybridized carbons (Fsp3) is 0.727. The van der Waals surface area contributed by atoms with Crippen molar-refractivity contribution >= 4 is 10.3 Å². The predicted octanol–water partition coefficient (Wildman–Crippen LogP) is 3.30. The number of nitrogens with zero attached hydrogens (tertiary/aromatic N) is 1. The quantitative estimate of drug-likeness (QED) is 0.705. The highest BCUT2D eigenvalue weighted by Crippen LogP contribution is 2.62. The van der Waals surface area contributed by atoms with E-state index in [2.05, 4.69) is 6.92 Å². The maximum atomic E-state index is 12.6. The van der Waals surface area contributed by atoms with Crippen molar-refractivity contribution in [2.24, 2.45) is 17.3 Å². The minimum absolute atomic E-state index is 0.183. The summed E-state index contributed by atoms with van der Waals surface area (Å²) in [4.78, 5) is 0. The lowest BCUT2D eigenvalue weighted by Gasteiger charge is -2.49. The number of hydrogen-bond donors (Lipinski definition) is 2. The molecule has 1 aromatic rings. The van der Waals surface area contributed by atoms with Crippen molar-refractivity contribution in [2.75, 3.05) is 26.3 Å². The second kappa shape index (κ2) is 7.28. The van der Waals surface area contributed by atoms with E-state index < -0.39 is 16.1 Å². The molecule has 7 nitrogen and oxygen atoms in total. The molecule has 166 valence electrons. The number of aromatic hydroxyl groups is 2. The number of ether oxygens (including phenoxy) is 1. The molecule has 8 heteroatoms. The summed E-state index contributed by atoms with van der Waals surface area (Å²) in [6.45, 7) is 3.47. The van der Waals surface area contributed by atoms with E-state index in [1.54, 1.807) is 6.07 Å². The van der Waals surface area contributed by atoms with Gasteiger partial charge in [-0.1, -0.05) is 13.3 Å². The molecule has 0 amide bonds. The van der Waals surface area contributed by atoms with Crippen molar-refractivity contribution in [1.29, 1.82) is 0 Å². The Balaban J connectivity index is 1.46. The minimum atomic E-state index is -4.06. The van der Waals surface area contributed by atoms with Crippen molar-refractivity contribution < 1.29 is 27.6 Å². The van der Waals surface area contributed by atoms with Crippen LogP contribution in [0.15, 0.2) is 6.07 Å². The lowest BCUT2D eigenvalue weighted by molar-refractivity contribution is 0.0587. The number of morpholine rings is 1. The largest absolute Gasteiger partial charge is 0.504 e. The Bertz CT molecular complexity index is 941. The first-order valence-corrected chi connectivity index (χ1v) is 12.5. The van der Waals surface area contributed by atoms with Crippen molar-refractivity contribution in [3.8, 4) is 17.2 Å². The summed E-state index contributed by atoms with van der Waals surface area (Å²) in [5.41, 5.74) is 2.13. The van der Waals surface area contributed by atoms with E-state index >= 15 is 0 Å². The summed E-state index contributed by atoms with van der Waals surface area (Å²) in [5, 5.41) is 21.6. The highest BCUT2D eigenvalue weighted by Gasteiger charge is 2.51. The zero-order valence-corrected chi connectivity index (χ0v) is 18.3. The van der Waals surface area contributed by atoms with Gasteiger partial charge in [0.1, 0.15) is 0 Å². The molecule has 1 saturated heterocycles. The molecule has 1 aliphatic heterocycles. The Morgan fingerprint density at radius 2 is 1.90 bits per heavy atom. The van der Waals surface area contributed by atoms with Gasteiger partial charge in [0, 0.05) is 18.7 Å². The zero-order valence-electron chi connectivity index (χ0n) is 17.5. The molecule has 0 bridgehead atoms. The SMILES string of the molecule is C[C@@]12CCCC1C1CCc3cc(OS(=O)(=O)N4CCOCC4)c(O)c(O)c3C1CC2. The molecule has 3 aliphatic carbocycles. The second-order valence-electron chi connectivity index (χ2n) is 9.70. The summed E-state index contributed by atoms with van der Waals surface area (Å²) in [6, 6.07) is 1.63. The van der Waals surface area contributed by atoms with Gasteiger partial charge >= 0.3 is 10.3 Å². The Kier molecular flexibility index (Phi) is 4.95. The summed E-state index contributed by atoms with van der Waals surface area (Å²) in [6.07, 6.45) is 7.77. The van der Waals surface area contributed by atoms with E-state index in [1.807, 2.05) is 0 Å². The Hall–Kier alpha value is -1.51. The van der Waals surface area contributed by atoms with E-state index in [1.165, 1.54) is 23.6 Å². The molecule has 2 saturated carbocycles. The van der Waals surface area contributed by atoms with Crippen LogP contribution in [0.5, 0.6) is 17.2 Å². The van der Waals surface area contributed by atoms with Crippen LogP contribution in [-0.4, -0.2) is 49.2 Å². The van der Waals surface area contributed by atoms with E-state index in [0.29, 0.717) is 30.5 Å². The van der Waals surface area contributed by atoms with E-state index in [0.717, 1.165) is 36.8 Å². The molecule has 0 radical (unpaired) electrons. The summed E-state index contributed by atoms with van der Waals surface area (Å²) in [7, 11) is -4.06. The number of aryl methyl sites for hydroxylation is 1. The summed E-state index contributed by atoms with van der Waals surface area (Å²) >= 11 is 0. The highest BCUT2D eigenvalue weighted by atomic mass is 32.2. The van der Waals surface area contributed by atoms with Crippen LogP contribution in [0.2, 0.25) is 0 Å². The number of fused-ring (bicyclic) bond motifs is 5. The van der Waals surface area contributed by atoms with Crippen LogP contribution in [0.3, 0.4) is 0 Å². The molecule has 4 aliphatic rings. The molecule has 5 rings (SSSR count). The van der Waals surface area contributed by atoms with Crippen LogP contribution in [0.1, 0.15) is 62.5 Å². The molecule has 30 heavy (non-hydrogen) atoms. The van der Waals surface area contributed by atoms with Gasteiger partial charge in [0.15, 0.2) is 11.5 Å². The maximum absolute atomic E-state index is 12.6.